The van der Waals surface area contributed by atoms with Gasteiger partial charge in [0.05, 0.1) is 5.02 Å². The average molecular weight is 396 g/mol. The lowest BCUT2D eigenvalue weighted by atomic mass is 10.2. The number of carbonyl (C=O) groups excluding carboxylic acids is 2. The summed E-state index contributed by atoms with van der Waals surface area (Å²) in [6, 6.07) is 14.3. The van der Waals surface area contributed by atoms with E-state index in [1.807, 2.05) is 18.2 Å². The molecule has 1 N–H and O–H groups in total. The third-order valence-corrected chi connectivity index (χ3v) is 4.90. The van der Waals surface area contributed by atoms with Crippen LogP contribution in [0.1, 0.15) is 12.8 Å². The Balaban J connectivity index is 1.39. The summed E-state index contributed by atoms with van der Waals surface area (Å²) in [5, 5.41) is 4.14. The molecular formula is C21H18ClN3O3. The lowest BCUT2D eigenvalue weighted by molar-refractivity contribution is -0.118. The van der Waals surface area contributed by atoms with E-state index in [1.165, 1.54) is 0 Å². The molecule has 7 heteroatoms. The standard InChI is InChI=1S/C21H18ClN3O3/c22-17-9-10-18(21-16(17)3-1-11-23-21)28-13-19(26)24-14-5-7-15(8-6-14)25-12-2-4-20(25)27/h1,3,5-11H,2,4,12-13H2,(H,24,26). The van der Waals surface area contributed by atoms with Gasteiger partial charge in [-0.1, -0.05) is 11.6 Å². The maximum Gasteiger partial charge on any atom is 0.262 e. The minimum atomic E-state index is -0.288. The number of rotatable bonds is 5. The Bertz CT molecular complexity index is 1040. The number of benzene rings is 2. The highest BCUT2D eigenvalue weighted by Crippen LogP contribution is 2.29. The summed E-state index contributed by atoms with van der Waals surface area (Å²) in [5.74, 6) is 0.344. The number of carbonyl (C=O) groups is 2. The molecule has 28 heavy (non-hydrogen) atoms. The number of aromatic nitrogens is 1. The molecular weight excluding hydrogens is 378 g/mol. The van der Waals surface area contributed by atoms with Gasteiger partial charge in [-0.15, -0.1) is 0 Å². The molecule has 1 aliphatic rings. The van der Waals surface area contributed by atoms with Crippen molar-refractivity contribution in [3.63, 3.8) is 0 Å². The Morgan fingerprint density at radius 2 is 2.00 bits per heavy atom. The molecule has 142 valence electrons. The number of amides is 2. The second-order valence-electron chi connectivity index (χ2n) is 6.48. The third-order valence-electron chi connectivity index (χ3n) is 4.57. The zero-order valence-corrected chi connectivity index (χ0v) is 15.8. The Labute approximate surface area is 167 Å². The van der Waals surface area contributed by atoms with E-state index >= 15 is 0 Å². The lowest BCUT2D eigenvalue weighted by Crippen LogP contribution is -2.23. The Morgan fingerprint density at radius 1 is 1.18 bits per heavy atom. The van der Waals surface area contributed by atoms with Crippen LogP contribution in [0, 0.1) is 0 Å². The molecule has 2 amide bonds. The zero-order valence-electron chi connectivity index (χ0n) is 15.0. The van der Waals surface area contributed by atoms with Crippen molar-refractivity contribution < 1.29 is 14.3 Å². The van der Waals surface area contributed by atoms with Crippen LogP contribution in [-0.2, 0) is 9.59 Å². The lowest BCUT2D eigenvalue weighted by Gasteiger charge is -2.16. The van der Waals surface area contributed by atoms with Gasteiger partial charge in [-0.3, -0.25) is 14.6 Å². The quantitative estimate of drug-likeness (QED) is 0.707. The van der Waals surface area contributed by atoms with E-state index in [-0.39, 0.29) is 18.4 Å². The smallest absolute Gasteiger partial charge is 0.262 e. The summed E-state index contributed by atoms with van der Waals surface area (Å²) in [6.45, 7) is 0.584. The van der Waals surface area contributed by atoms with Crippen LogP contribution in [0.25, 0.3) is 10.9 Å². The van der Waals surface area contributed by atoms with Crippen LogP contribution in [0.5, 0.6) is 5.75 Å². The topological polar surface area (TPSA) is 71.5 Å². The molecule has 0 spiro atoms. The summed E-state index contributed by atoms with van der Waals surface area (Å²) in [6.07, 6.45) is 3.12. The fourth-order valence-electron chi connectivity index (χ4n) is 3.21. The molecule has 2 heterocycles. The number of halogens is 1. The second-order valence-corrected chi connectivity index (χ2v) is 6.88. The molecule has 0 unspecified atom stereocenters. The molecule has 3 aromatic rings. The predicted octanol–water partition coefficient (Wildman–Crippen LogP) is 4.03. The summed E-state index contributed by atoms with van der Waals surface area (Å²) in [7, 11) is 0. The molecule has 0 atom stereocenters. The largest absolute Gasteiger partial charge is 0.481 e. The molecule has 1 saturated heterocycles. The number of pyridine rings is 1. The summed E-state index contributed by atoms with van der Waals surface area (Å²) in [4.78, 5) is 30.1. The van der Waals surface area contributed by atoms with Crippen molar-refractivity contribution in [3.8, 4) is 5.75 Å². The maximum atomic E-state index is 12.2. The van der Waals surface area contributed by atoms with Crippen molar-refractivity contribution in [2.45, 2.75) is 12.8 Å². The van der Waals surface area contributed by atoms with Gasteiger partial charge in [0.15, 0.2) is 6.61 Å². The Morgan fingerprint density at radius 3 is 2.75 bits per heavy atom. The van der Waals surface area contributed by atoms with Crippen molar-refractivity contribution in [2.75, 3.05) is 23.4 Å². The van der Waals surface area contributed by atoms with E-state index < -0.39 is 0 Å². The summed E-state index contributed by atoms with van der Waals surface area (Å²) < 4.78 is 5.64. The van der Waals surface area contributed by atoms with Gasteiger partial charge in [-0.05, 0) is 55.0 Å². The molecule has 0 aliphatic carbocycles. The summed E-state index contributed by atoms with van der Waals surface area (Å²) >= 11 is 6.17. The number of ether oxygens (including phenoxy) is 1. The highest BCUT2D eigenvalue weighted by Gasteiger charge is 2.21. The van der Waals surface area contributed by atoms with E-state index in [0.717, 1.165) is 24.0 Å². The molecule has 1 fully saturated rings. The molecule has 6 nitrogen and oxygen atoms in total. The van der Waals surface area contributed by atoms with Crippen molar-refractivity contribution in [1.82, 2.24) is 4.98 Å². The van der Waals surface area contributed by atoms with Crippen LogP contribution < -0.4 is 15.0 Å². The Hall–Kier alpha value is -3.12. The van der Waals surface area contributed by atoms with Crippen molar-refractivity contribution in [3.05, 3.63) is 59.8 Å². The first-order chi connectivity index (χ1) is 13.6. The average Bonchev–Trinajstić information content (AvgIpc) is 3.14. The first-order valence-corrected chi connectivity index (χ1v) is 9.36. The Kier molecular flexibility index (Phi) is 5.12. The highest BCUT2D eigenvalue weighted by molar-refractivity contribution is 6.35. The fraction of sp³-hybridized carbons (Fsp3) is 0.190. The number of hydrogen-bond donors (Lipinski definition) is 1. The van der Waals surface area contributed by atoms with Gasteiger partial charge in [0.1, 0.15) is 11.3 Å². The molecule has 0 saturated carbocycles. The maximum absolute atomic E-state index is 12.2. The van der Waals surface area contributed by atoms with Crippen molar-refractivity contribution in [2.24, 2.45) is 0 Å². The molecule has 0 radical (unpaired) electrons. The van der Waals surface area contributed by atoms with Gasteiger partial charge in [0.2, 0.25) is 5.91 Å². The van der Waals surface area contributed by atoms with Crippen LogP contribution in [0.2, 0.25) is 5.02 Å². The van der Waals surface area contributed by atoms with E-state index in [2.05, 4.69) is 10.3 Å². The SMILES string of the molecule is O=C(COc1ccc(Cl)c2cccnc12)Nc1ccc(N2CCCC2=O)cc1. The van der Waals surface area contributed by atoms with Gasteiger partial charge in [0, 0.05) is 35.9 Å². The normalized spacial score (nSPS) is 13.8. The van der Waals surface area contributed by atoms with E-state index in [0.29, 0.717) is 28.4 Å². The zero-order chi connectivity index (χ0) is 19.5. The molecule has 0 bridgehead atoms. The van der Waals surface area contributed by atoms with Crippen LogP contribution in [-0.4, -0.2) is 29.9 Å². The monoisotopic (exact) mass is 395 g/mol. The summed E-state index contributed by atoms with van der Waals surface area (Å²) in [5.41, 5.74) is 2.10. The predicted molar refractivity (Wildman–Crippen MR) is 109 cm³/mol. The molecule has 1 aromatic heterocycles. The van der Waals surface area contributed by atoms with E-state index in [1.54, 1.807) is 41.4 Å². The first-order valence-electron chi connectivity index (χ1n) is 8.98. The van der Waals surface area contributed by atoms with Crippen molar-refractivity contribution in [1.29, 1.82) is 0 Å². The number of nitrogens with zero attached hydrogens (tertiary/aromatic N) is 2. The van der Waals surface area contributed by atoms with E-state index in [4.69, 9.17) is 16.3 Å². The van der Waals surface area contributed by atoms with Crippen LogP contribution >= 0.6 is 11.6 Å². The highest BCUT2D eigenvalue weighted by atomic mass is 35.5. The van der Waals surface area contributed by atoms with Crippen molar-refractivity contribution >= 4 is 45.7 Å². The van der Waals surface area contributed by atoms with Crippen LogP contribution in [0.15, 0.2) is 54.7 Å². The molecule has 1 aliphatic heterocycles. The number of hydrogen-bond acceptors (Lipinski definition) is 4. The molecule has 4 rings (SSSR count). The molecule has 2 aromatic carbocycles. The number of nitrogens with one attached hydrogen (secondary N) is 1. The van der Waals surface area contributed by atoms with Crippen LogP contribution in [0.4, 0.5) is 11.4 Å². The number of anilines is 2. The minimum Gasteiger partial charge on any atom is -0.481 e. The van der Waals surface area contributed by atoms with Gasteiger partial charge in [-0.25, -0.2) is 0 Å². The van der Waals surface area contributed by atoms with Crippen LogP contribution in [0.3, 0.4) is 0 Å². The van der Waals surface area contributed by atoms with Gasteiger partial charge in [0.25, 0.3) is 5.91 Å². The van der Waals surface area contributed by atoms with Gasteiger partial charge < -0.3 is 15.0 Å². The minimum absolute atomic E-state index is 0.133. The number of fused-ring (bicyclic) bond motifs is 1. The fourth-order valence-corrected chi connectivity index (χ4v) is 3.43. The first kappa shape index (κ1) is 18.3. The van der Waals surface area contributed by atoms with Gasteiger partial charge >= 0.3 is 0 Å². The van der Waals surface area contributed by atoms with E-state index in [9.17, 15) is 9.59 Å². The second kappa shape index (κ2) is 7.86. The van der Waals surface area contributed by atoms with Gasteiger partial charge in [-0.2, -0.15) is 0 Å². The third kappa shape index (κ3) is 3.77.